The van der Waals surface area contributed by atoms with Crippen LogP contribution in [0.15, 0.2) is 28.7 Å². The van der Waals surface area contributed by atoms with Gasteiger partial charge in [-0.25, -0.2) is 18.4 Å². The number of halogens is 1. The Morgan fingerprint density at radius 3 is 2.50 bits per heavy atom. The van der Waals surface area contributed by atoms with E-state index in [4.69, 9.17) is 16.3 Å². The van der Waals surface area contributed by atoms with Gasteiger partial charge in [0.2, 0.25) is 0 Å². The van der Waals surface area contributed by atoms with Gasteiger partial charge in [-0.05, 0) is 12.1 Å². The number of methoxy groups -OCH3 is 1. The van der Waals surface area contributed by atoms with Crippen molar-refractivity contribution >= 4 is 38.6 Å². The molecular formula is C9H8ClN3O3S2. The van der Waals surface area contributed by atoms with Crippen LogP contribution in [-0.2, 0) is 10.0 Å². The molecule has 0 saturated carbocycles. The molecule has 0 atom stereocenters. The molecule has 9 heteroatoms. The molecule has 0 aliphatic carbocycles. The molecule has 0 saturated heterocycles. The molecule has 2 aromatic heterocycles. The predicted octanol–water partition coefficient (Wildman–Crippen LogP) is 2.00. The Morgan fingerprint density at radius 2 is 2.00 bits per heavy atom. The maximum atomic E-state index is 11.9. The van der Waals surface area contributed by atoms with E-state index in [1.54, 1.807) is 0 Å². The van der Waals surface area contributed by atoms with Crippen LogP contribution in [-0.4, -0.2) is 25.5 Å². The molecule has 0 radical (unpaired) electrons. The van der Waals surface area contributed by atoms with Crippen molar-refractivity contribution in [2.75, 3.05) is 11.8 Å². The van der Waals surface area contributed by atoms with Crippen molar-refractivity contribution in [3.8, 4) is 6.01 Å². The summed E-state index contributed by atoms with van der Waals surface area (Å²) in [5.41, 5.74) is 0.250. The smallest absolute Gasteiger partial charge is 0.316 e. The molecule has 2 aromatic rings. The second-order valence-corrected chi connectivity index (χ2v) is 6.75. The molecule has 96 valence electrons. The van der Waals surface area contributed by atoms with Crippen LogP contribution in [0.3, 0.4) is 0 Å². The van der Waals surface area contributed by atoms with E-state index in [2.05, 4.69) is 14.7 Å². The molecule has 0 aliphatic rings. The topological polar surface area (TPSA) is 81.2 Å². The van der Waals surface area contributed by atoms with E-state index in [9.17, 15) is 8.42 Å². The highest BCUT2D eigenvalue weighted by atomic mass is 35.5. The summed E-state index contributed by atoms with van der Waals surface area (Å²) in [4.78, 5) is 7.59. The first-order chi connectivity index (χ1) is 8.51. The third-order valence-corrected chi connectivity index (χ3v) is 4.98. The molecule has 2 heterocycles. The zero-order valence-electron chi connectivity index (χ0n) is 9.12. The Bertz CT molecular complexity index is 639. The quantitative estimate of drug-likeness (QED) is 0.934. The molecule has 1 N–H and O–H groups in total. The van der Waals surface area contributed by atoms with Gasteiger partial charge in [-0.15, -0.1) is 11.3 Å². The third-order valence-electron chi connectivity index (χ3n) is 1.88. The number of nitrogens with zero attached hydrogens (tertiary/aromatic N) is 2. The maximum absolute atomic E-state index is 11.9. The van der Waals surface area contributed by atoms with E-state index in [0.29, 0.717) is 4.34 Å². The summed E-state index contributed by atoms with van der Waals surface area (Å²) in [6.07, 6.45) is 2.64. The molecule has 0 unspecified atom stereocenters. The SMILES string of the molecule is COc1ncc(NS(=O)(=O)c2ccc(Cl)s2)cn1. The number of thiophene rings is 1. The minimum absolute atomic E-state index is 0.128. The molecule has 0 fully saturated rings. The lowest BCUT2D eigenvalue weighted by Crippen LogP contribution is -2.11. The van der Waals surface area contributed by atoms with Gasteiger partial charge in [-0.3, -0.25) is 4.72 Å². The Labute approximate surface area is 113 Å². The Hall–Kier alpha value is -1.38. The van der Waals surface area contributed by atoms with Crippen molar-refractivity contribution in [1.29, 1.82) is 0 Å². The first-order valence-electron chi connectivity index (χ1n) is 4.65. The fraction of sp³-hybridized carbons (Fsp3) is 0.111. The van der Waals surface area contributed by atoms with Crippen molar-refractivity contribution in [2.24, 2.45) is 0 Å². The van der Waals surface area contributed by atoms with Crippen molar-refractivity contribution in [2.45, 2.75) is 4.21 Å². The summed E-state index contributed by atoms with van der Waals surface area (Å²) in [6, 6.07) is 3.11. The summed E-state index contributed by atoms with van der Waals surface area (Å²) >= 11 is 6.67. The van der Waals surface area contributed by atoms with Crippen LogP contribution >= 0.6 is 22.9 Å². The van der Waals surface area contributed by atoms with Crippen LogP contribution in [0.5, 0.6) is 6.01 Å². The average Bonchev–Trinajstić information content (AvgIpc) is 2.77. The molecule has 6 nitrogen and oxygen atoms in total. The van der Waals surface area contributed by atoms with Gasteiger partial charge in [0.15, 0.2) is 0 Å². The standard InChI is InChI=1S/C9H8ClN3O3S2/c1-16-9-11-4-6(5-12-9)13-18(14,15)8-3-2-7(10)17-8/h2-5,13H,1H3. The number of sulfonamides is 1. The molecule has 0 bridgehead atoms. The van der Waals surface area contributed by atoms with Gasteiger partial charge in [-0.2, -0.15) is 0 Å². The number of hydrogen-bond donors (Lipinski definition) is 1. The van der Waals surface area contributed by atoms with E-state index in [1.165, 1.54) is 31.6 Å². The molecule has 18 heavy (non-hydrogen) atoms. The summed E-state index contributed by atoms with van der Waals surface area (Å²) in [6.45, 7) is 0. The van der Waals surface area contributed by atoms with Crippen molar-refractivity contribution in [1.82, 2.24) is 9.97 Å². The first-order valence-corrected chi connectivity index (χ1v) is 7.33. The monoisotopic (exact) mass is 305 g/mol. The highest BCUT2D eigenvalue weighted by molar-refractivity contribution is 7.94. The number of rotatable bonds is 4. The molecular weight excluding hydrogens is 298 g/mol. The number of ether oxygens (including phenoxy) is 1. The number of anilines is 1. The van der Waals surface area contributed by atoms with E-state index >= 15 is 0 Å². The molecule has 2 rings (SSSR count). The van der Waals surface area contributed by atoms with Crippen LogP contribution in [0.1, 0.15) is 0 Å². The second-order valence-electron chi connectivity index (χ2n) is 3.12. The van der Waals surface area contributed by atoms with Crippen LogP contribution in [0.2, 0.25) is 4.34 Å². The van der Waals surface area contributed by atoms with Crippen molar-refractivity contribution in [3.05, 3.63) is 28.9 Å². The number of nitrogens with one attached hydrogen (secondary N) is 1. The van der Waals surface area contributed by atoms with Crippen LogP contribution in [0, 0.1) is 0 Å². The normalized spacial score (nSPS) is 11.2. The zero-order valence-corrected chi connectivity index (χ0v) is 11.5. The predicted molar refractivity (Wildman–Crippen MR) is 68.7 cm³/mol. The highest BCUT2D eigenvalue weighted by Gasteiger charge is 2.17. The van der Waals surface area contributed by atoms with E-state index in [-0.39, 0.29) is 15.9 Å². The van der Waals surface area contributed by atoms with Gasteiger partial charge in [0, 0.05) is 0 Å². The van der Waals surface area contributed by atoms with Crippen LogP contribution in [0.4, 0.5) is 5.69 Å². The number of hydrogen-bond acceptors (Lipinski definition) is 6. The largest absolute Gasteiger partial charge is 0.467 e. The minimum atomic E-state index is -3.65. The fourth-order valence-electron chi connectivity index (χ4n) is 1.12. The van der Waals surface area contributed by atoms with E-state index < -0.39 is 10.0 Å². The van der Waals surface area contributed by atoms with Crippen LogP contribution < -0.4 is 9.46 Å². The Kier molecular flexibility index (Phi) is 3.69. The lowest BCUT2D eigenvalue weighted by molar-refractivity contribution is 0.380. The summed E-state index contributed by atoms with van der Waals surface area (Å²) in [5, 5.41) is 0. The summed E-state index contributed by atoms with van der Waals surface area (Å²) in [5.74, 6) is 0. The highest BCUT2D eigenvalue weighted by Crippen LogP contribution is 2.26. The lowest BCUT2D eigenvalue weighted by atomic mass is 10.6. The third kappa shape index (κ3) is 2.89. The second kappa shape index (κ2) is 5.09. The van der Waals surface area contributed by atoms with Crippen molar-refractivity contribution < 1.29 is 13.2 Å². The molecule has 0 aromatic carbocycles. The fourth-order valence-corrected chi connectivity index (χ4v) is 3.63. The van der Waals surface area contributed by atoms with E-state index in [1.807, 2.05) is 0 Å². The Balaban J connectivity index is 2.22. The minimum Gasteiger partial charge on any atom is -0.467 e. The van der Waals surface area contributed by atoms with E-state index in [0.717, 1.165) is 11.3 Å². The zero-order chi connectivity index (χ0) is 13.2. The lowest BCUT2D eigenvalue weighted by Gasteiger charge is -2.05. The van der Waals surface area contributed by atoms with Gasteiger partial charge < -0.3 is 4.74 Å². The van der Waals surface area contributed by atoms with Gasteiger partial charge in [0.25, 0.3) is 10.0 Å². The molecule has 0 spiro atoms. The summed E-state index contributed by atoms with van der Waals surface area (Å²) in [7, 11) is -2.23. The van der Waals surface area contributed by atoms with Crippen LogP contribution in [0.25, 0.3) is 0 Å². The molecule has 0 aliphatic heterocycles. The maximum Gasteiger partial charge on any atom is 0.316 e. The van der Waals surface area contributed by atoms with Gasteiger partial charge in [0.1, 0.15) is 4.21 Å². The van der Waals surface area contributed by atoms with Gasteiger partial charge >= 0.3 is 6.01 Å². The summed E-state index contributed by atoms with van der Waals surface area (Å²) < 4.78 is 31.5. The van der Waals surface area contributed by atoms with Gasteiger partial charge in [0.05, 0.1) is 29.5 Å². The Morgan fingerprint density at radius 1 is 1.33 bits per heavy atom. The van der Waals surface area contributed by atoms with Crippen molar-refractivity contribution in [3.63, 3.8) is 0 Å². The number of aromatic nitrogens is 2. The van der Waals surface area contributed by atoms with Gasteiger partial charge in [-0.1, -0.05) is 11.6 Å². The first kappa shape index (κ1) is 13.1. The molecule has 0 amide bonds. The average molecular weight is 306 g/mol.